The summed E-state index contributed by atoms with van der Waals surface area (Å²) in [6.45, 7) is 10.9. The molecule has 0 aromatic carbocycles. The highest BCUT2D eigenvalue weighted by molar-refractivity contribution is 6.00. The van der Waals surface area contributed by atoms with Gasteiger partial charge in [-0.3, -0.25) is 9.59 Å². The lowest BCUT2D eigenvalue weighted by Crippen LogP contribution is -2.70. The summed E-state index contributed by atoms with van der Waals surface area (Å²) in [6.07, 6.45) is 4.37. The molecule has 1 saturated heterocycles. The summed E-state index contributed by atoms with van der Waals surface area (Å²) >= 11 is 0. The fourth-order valence-electron chi connectivity index (χ4n) is 4.74. The standard InChI is InChI=1S/C17H28N2O2/c1-6-11-12(20)18-17(9-7-8-10-17)14(21)19(11)13-15(2,3)16(13,4)5/h11,13H,6-10H2,1-5H3,(H,18,20). The zero-order valence-corrected chi connectivity index (χ0v) is 14.0. The van der Waals surface area contributed by atoms with Gasteiger partial charge < -0.3 is 10.2 Å². The van der Waals surface area contributed by atoms with Crippen LogP contribution in [0.25, 0.3) is 0 Å². The van der Waals surface area contributed by atoms with Crippen molar-refractivity contribution in [1.29, 1.82) is 0 Å². The first kappa shape index (κ1) is 14.9. The average molecular weight is 292 g/mol. The third kappa shape index (κ3) is 1.74. The van der Waals surface area contributed by atoms with Gasteiger partial charge in [0.15, 0.2) is 0 Å². The van der Waals surface area contributed by atoms with Crippen molar-refractivity contribution in [2.45, 2.75) is 84.3 Å². The van der Waals surface area contributed by atoms with Crippen LogP contribution in [0.3, 0.4) is 0 Å². The molecule has 21 heavy (non-hydrogen) atoms. The summed E-state index contributed by atoms with van der Waals surface area (Å²) in [4.78, 5) is 27.8. The van der Waals surface area contributed by atoms with Gasteiger partial charge in [0.2, 0.25) is 11.8 Å². The third-order valence-corrected chi connectivity index (χ3v) is 6.71. The van der Waals surface area contributed by atoms with Crippen molar-refractivity contribution in [2.24, 2.45) is 10.8 Å². The van der Waals surface area contributed by atoms with Crippen LogP contribution in [-0.2, 0) is 9.59 Å². The molecule has 3 aliphatic rings. The molecule has 1 N–H and O–H groups in total. The van der Waals surface area contributed by atoms with Gasteiger partial charge in [-0.1, -0.05) is 47.5 Å². The number of nitrogens with zero attached hydrogens (tertiary/aromatic N) is 1. The van der Waals surface area contributed by atoms with E-state index in [4.69, 9.17) is 0 Å². The van der Waals surface area contributed by atoms with Gasteiger partial charge in [-0.15, -0.1) is 0 Å². The molecule has 2 amide bonds. The van der Waals surface area contributed by atoms with Gasteiger partial charge in [-0.25, -0.2) is 0 Å². The van der Waals surface area contributed by atoms with Crippen LogP contribution in [0.15, 0.2) is 0 Å². The molecule has 0 bridgehead atoms. The minimum absolute atomic E-state index is 0.0532. The Morgan fingerprint density at radius 3 is 2.05 bits per heavy atom. The predicted molar refractivity (Wildman–Crippen MR) is 81.6 cm³/mol. The summed E-state index contributed by atoms with van der Waals surface area (Å²) in [5, 5.41) is 3.08. The Bertz CT molecular complexity index is 475. The molecule has 1 atom stereocenters. The van der Waals surface area contributed by atoms with E-state index in [2.05, 4.69) is 33.0 Å². The first-order chi connectivity index (χ1) is 9.69. The van der Waals surface area contributed by atoms with Gasteiger partial charge >= 0.3 is 0 Å². The Labute approximate surface area is 127 Å². The zero-order chi connectivity index (χ0) is 15.6. The van der Waals surface area contributed by atoms with Crippen LogP contribution in [0.2, 0.25) is 0 Å². The zero-order valence-electron chi connectivity index (χ0n) is 14.0. The second-order valence-corrected chi connectivity index (χ2v) is 8.26. The first-order valence-corrected chi connectivity index (χ1v) is 8.34. The van der Waals surface area contributed by atoms with E-state index >= 15 is 0 Å². The van der Waals surface area contributed by atoms with E-state index < -0.39 is 5.54 Å². The molecule has 0 aromatic heterocycles. The molecule has 118 valence electrons. The smallest absolute Gasteiger partial charge is 0.249 e. The lowest BCUT2D eigenvalue weighted by molar-refractivity contribution is -0.156. The van der Waals surface area contributed by atoms with Crippen molar-refractivity contribution < 1.29 is 9.59 Å². The molecule has 4 heteroatoms. The minimum atomic E-state index is -0.600. The fraction of sp³-hybridized carbons (Fsp3) is 0.882. The molecular formula is C17H28N2O2. The lowest BCUT2D eigenvalue weighted by Gasteiger charge is -2.45. The normalized spacial score (nSPS) is 33.4. The van der Waals surface area contributed by atoms with Crippen LogP contribution < -0.4 is 5.32 Å². The van der Waals surface area contributed by atoms with Crippen molar-refractivity contribution in [3.63, 3.8) is 0 Å². The van der Waals surface area contributed by atoms with Crippen LogP contribution in [0.1, 0.15) is 66.7 Å². The van der Waals surface area contributed by atoms with Crippen molar-refractivity contribution in [3.8, 4) is 0 Å². The van der Waals surface area contributed by atoms with Gasteiger partial charge in [0.05, 0.1) is 0 Å². The van der Waals surface area contributed by atoms with Gasteiger partial charge in [0, 0.05) is 6.04 Å². The number of amides is 2. The summed E-state index contributed by atoms with van der Waals surface area (Å²) in [5.41, 5.74) is -0.446. The second kappa shape index (κ2) is 4.23. The molecule has 4 nitrogen and oxygen atoms in total. The first-order valence-electron chi connectivity index (χ1n) is 8.34. The van der Waals surface area contributed by atoms with E-state index in [-0.39, 0.29) is 34.7 Å². The third-order valence-electron chi connectivity index (χ3n) is 6.71. The fourth-order valence-corrected chi connectivity index (χ4v) is 4.74. The maximum absolute atomic E-state index is 13.2. The van der Waals surface area contributed by atoms with E-state index in [0.29, 0.717) is 6.42 Å². The quantitative estimate of drug-likeness (QED) is 0.850. The molecule has 0 aromatic rings. The Morgan fingerprint density at radius 1 is 1.10 bits per heavy atom. The van der Waals surface area contributed by atoms with Crippen molar-refractivity contribution in [3.05, 3.63) is 0 Å². The SMILES string of the molecule is CCC1C(=O)NC2(CCCC2)C(=O)N1C1C(C)(C)C1(C)C. The van der Waals surface area contributed by atoms with Crippen LogP contribution in [0, 0.1) is 10.8 Å². The highest BCUT2D eigenvalue weighted by Crippen LogP contribution is 2.66. The van der Waals surface area contributed by atoms with Crippen LogP contribution >= 0.6 is 0 Å². The van der Waals surface area contributed by atoms with E-state index in [1.54, 1.807) is 0 Å². The summed E-state index contributed by atoms with van der Waals surface area (Å²) < 4.78 is 0. The summed E-state index contributed by atoms with van der Waals surface area (Å²) in [6, 6.07) is -0.124. The predicted octanol–water partition coefficient (Wildman–Crippen LogP) is 2.47. The number of carbonyl (C=O) groups excluding carboxylic acids is 2. The number of carbonyl (C=O) groups is 2. The van der Waals surface area contributed by atoms with Crippen LogP contribution in [0.5, 0.6) is 0 Å². The highest BCUT2D eigenvalue weighted by atomic mass is 16.2. The van der Waals surface area contributed by atoms with Gasteiger partial charge in [0.25, 0.3) is 0 Å². The molecule has 1 heterocycles. The van der Waals surface area contributed by atoms with Crippen LogP contribution in [-0.4, -0.2) is 34.3 Å². The average Bonchev–Trinajstić information content (AvgIpc) is 2.74. The largest absolute Gasteiger partial charge is 0.340 e. The lowest BCUT2D eigenvalue weighted by atomic mass is 9.89. The number of rotatable bonds is 2. The summed E-state index contributed by atoms with van der Waals surface area (Å²) in [5.74, 6) is 0.229. The highest BCUT2D eigenvalue weighted by Gasteiger charge is 2.71. The molecule has 1 aliphatic heterocycles. The number of hydrogen-bond acceptors (Lipinski definition) is 2. The van der Waals surface area contributed by atoms with Crippen LogP contribution in [0.4, 0.5) is 0 Å². The molecule has 3 fully saturated rings. The van der Waals surface area contributed by atoms with Gasteiger partial charge in [0.1, 0.15) is 11.6 Å². The van der Waals surface area contributed by atoms with E-state index in [0.717, 1.165) is 25.7 Å². The van der Waals surface area contributed by atoms with E-state index in [1.807, 2.05) is 11.8 Å². The van der Waals surface area contributed by atoms with Crippen molar-refractivity contribution in [1.82, 2.24) is 10.2 Å². The summed E-state index contributed by atoms with van der Waals surface area (Å²) in [7, 11) is 0. The van der Waals surface area contributed by atoms with Crippen molar-refractivity contribution >= 4 is 11.8 Å². The molecule has 2 aliphatic carbocycles. The molecule has 1 unspecified atom stereocenters. The molecule has 2 saturated carbocycles. The van der Waals surface area contributed by atoms with E-state index in [1.165, 1.54) is 0 Å². The van der Waals surface area contributed by atoms with E-state index in [9.17, 15) is 9.59 Å². The monoisotopic (exact) mass is 292 g/mol. The molecule has 0 radical (unpaired) electrons. The van der Waals surface area contributed by atoms with Crippen molar-refractivity contribution in [2.75, 3.05) is 0 Å². The Balaban J connectivity index is 1.99. The molecule has 1 spiro atoms. The maximum Gasteiger partial charge on any atom is 0.249 e. The number of piperazine rings is 1. The number of nitrogens with one attached hydrogen (secondary N) is 1. The Hall–Kier alpha value is -1.06. The maximum atomic E-state index is 13.2. The topological polar surface area (TPSA) is 49.4 Å². The second-order valence-electron chi connectivity index (χ2n) is 8.26. The number of hydrogen-bond donors (Lipinski definition) is 1. The minimum Gasteiger partial charge on any atom is -0.340 e. The Kier molecular flexibility index (Phi) is 3.00. The van der Waals surface area contributed by atoms with Gasteiger partial charge in [-0.2, -0.15) is 0 Å². The Morgan fingerprint density at radius 2 is 1.62 bits per heavy atom. The molecular weight excluding hydrogens is 264 g/mol. The molecule has 3 rings (SSSR count). The van der Waals surface area contributed by atoms with Gasteiger partial charge in [-0.05, 0) is 30.1 Å².